The van der Waals surface area contributed by atoms with Crippen molar-refractivity contribution >= 4 is 11.9 Å². The van der Waals surface area contributed by atoms with E-state index < -0.39 is 0 Å². The second-order valence-corrected chi connectivity index (χ2v) is 7.21. The molecule has 0 aromatic heterocycles. The number of hydrogen-bond donors (Lipinski definition) is 2. The summed E-state index contributed by atoms with van der Waals surface area (Å²) in [5.74, 6) is 0.480. The number of likely N-dealkylation sites (tertiary alicyclic amines) is 1. The largest absolute Gasteiger partial charge is 0.339 e. The Morgan fingerprint density at radius 3 is 2.79 bits per heavy atom. The third-order valence-corrected chi connectivity index (χ3v) is 5.24. The maximum Gasteiger partial charge on any atom is 0.315 e. The minimum atomic E-state index is -0.166. The summed E-state index contributed by atoms with van der Waals surface area (Å²) in [7, 11) is 0. The van der Waals surface area contributed by atoms with Crippen LogP contribution in [0.2, 0.25) is 0 Å². The highest BCUT2D eigenvalue weighted by atomic mass is 16.2. The van der Waals surface area contributed by atoms with Crippen LogP contribution < -0.4 is 10.6 Å². The highest BCUT2D eigenvalue weighted by Gasteiger charge is 2.39. The standard InChI is InChI=1S/C19H27N3O2/c1-12-5-4-6-17(13(12)2)14(3)21-19(24)20-10-15-9-18(23)22(11-15)16-7-8-16/h4-6,14-16H,7-11H2,1-3H3,(H2,20,21,24)/t14-,15+/m1/s1. The summed E-state index contributed by atoms with van der Waals surface area (Å²) in [6.07, 6.45) is 2.84. The molecule has 2 fully saturated rings. The highest BCUT2D eigenvalue weighted by Crippen LogP contribution is 2.32. The van der Waals surface area contributed by atoms with E-state index in [2.05, 4.69) is 36.6 Å². The zero-order valence-electron chi connectivity index (χ0n) is 14.8. The molecule has 2 N–H and O–H groups in total. The summed E-state index contributed by atoms with van der Waals surface area (Å²) >= 11 is 0. The number of nitrogens with zero attached hydrogens (tertiary/aromatic N) is 1. The summed E-state index contributed by atoms with van der Waals surface area (Å²) in [5.41, 5.74) is 3.58. The number of carbonyl (C=O) groups excluding carboxylic acids is 2. The predicted octanol–water partition coefficient (Wildman–Crippen LogP) is 2.67. The number of carbonyl (C=O) groups is 2. The first kappa shape index (κ1) is 16.8. The van der Waals surface area contributed by atoms with Gasteiger partial charge in [-0.05, 0) is 50.3 Å². The second-order valence-electron chi connectivity index (χ2n) is 7.21. The molecule has 3 rings (SSSR count). The lowest BCUT2D eigenvalue weighted by atomic mass is 9.98. The van der Waals surface area contributed by atoms with Crippen molar-refractivity contribution in [1.29, 1.82) is 0 Å². The van der Waals surface area contributed by atoms with Crippen molar-refractivity contribution in [2.45, 2.75) is 52.1 Å². The van der Waals surface area contributed by atoms with Crippen molar-refractivity contribution in [3.63, 3.8) is 0 Å². The van der Waals surface area contributed by atoms with E-state index in [0.717, 1.165) is 24.9 Å². The molecule has 0 bridgehead atoms. The number of urea groups is 1. The molecule has 3 amide bonds. The molecule has 130 valence electrons. The van der Waals surface area contributed by atoms with E-state index in [-0.39, 0.29) is 23.9 Å². The summed E-state index contributed by atoms with van der Waals surface area (Å²) in [5, 5.41) is 5.93. The van der Waals surface area contributed by atoms with Gasteiger partial charge in [0.1, 0.15) is 0 Å². The van der Waals surface area contributed by atoms with Crippen molar-refractivity contribution in [1.82, 2.24) is 15.5 Å². The molecule has 1 saturated carbocycles. The Morgan fingerprint density at radius 1 is 1.33 bits per heavy atom. The van der Waals surface area contributed by atoms with Gasteiger partial charge in [-0.1, -0.05) is 18.2 Å². The Labute approximate surface area is 143 Å². The fourth-order valence-corrected chi connectivity index (χ4v) is 3.49. The van der Waals surface area contributed by atoms with Crippen molar-refractivity contribution < 1.29 is 9.59 Å². The molecule has 1 saturated heterocycles. The Hall–Kier alpha value is -2.04. The van der Waals surface area contributed by atoms with E-state index in [1.54, 1.807) is 0 Å². The number of amides is 3. The number of rotatable bonds is 5. The molecule has 1 aromatic rings. The van der Waals surface area contributed by atoms with Crippen LogP contribution in [0.1, 0.15) is 48.9 Å². The fourth-order valence-electron chi connectivity index (χ4n) is 3.49. The summed E-state index contributed by atoms with van der Waals surface area (Å²) in [6, 6.07) is 6.41. The lowest BCUT2D eigenvalue weighted by Crippen LogP contribution is -2.40. The first-order valence-corrected chi connectivity index (χ1v) is 8.85. The molecule has 0 radical (unpaired) electrons. The quantitative estimate of drug-likeness (QED) is 0.872. The minimum absolute atomic E-state index is 0.0435. The number of hydrogen-bond acceptors (Lipinski definition) is 2. The topological polar surface area (TPSA) is 61.4 Å². The van der Waals surface area contributed by atoms with Crippen LogP contribution in [0.4, 0.5) is 4.79 Å². The molecule has 24 heavy (non-hydrogen) atoms. The highest BCUT2D eigenvalue weighted by molar-refractivity contribution is 5.79. The molecular formula is C19H27N3O2. The lowest BCUT2D eigenvalue weighted by molar-refractivity contribution is -0.128. The van der Waals surface area contributed by atoms with Gasteiger partial charge in [0, 0.05) is 31.5 Å². The van der Waals surface area contributed by atoms with Crippen LogP contribution in [-0.4, -0.2) is 36.0 Å². The van der Waals surface area contributed by atoms with Crippen molar-refractivity contribution in [2.75, 3.05) is 13.1 Å². The van der Waals surface area contributed by atoms with Gasteiger partial charge in [-0.25, -0.2) is 4.79 Å². The molecule has 1 aliphatic heterocycles. The van der Waals surface area contributed by atoms with Crippen LogP contribution in [0.5, 0.6) is 0 Å². The lowest BCUT2D eigenvalue weighted by Gasteiger charge is -2.19. The average Bonchev–Trinajstić information content (AvgIpc) is 3.31. The van der Waals surface area contributed by atoms with Gasteiger partial charge in [-0.15, -0.1) is 0 Å². The molecule has 0 spiro atoms. The molecule has 0 unspecified atom stereocenters. The van der Waals surface area contributed by atoms with Crippen LogP contribution in [0, 0.1) is 19.8 Å². The maximum absolute atomic E-state index is 12.2. The maximum atomic E-state index is 12.2. The third kappa shape index (κ3) is 3.71. The van der Waals surface area contributed by atoms with Gasteiger partial charge in [0.2, 0.25) is 5.91 Å². The van der Waals surface area contributed by atoms with E-state index in [0.29, 0.717) is 19.0 Å². The monoisotopic (exact) mass is 329 g/mol. The van der Waals surface area contributed by atoms with E-state index in [4.69, 9.17) is 0 Å². The van der Waals surface area contributed by atoms with E-state index >= 15 is 0 Å². The summed E-state index contributed by atoms with van der Waals surface area (Å²) in [6.45, 7) is 7.50. The van der Waals surface area contributed by atoms with E-state index in [1.165, 1.54) is 11.1 Å². The van der Waals surface area contributed by atoms with Gasteiger partial charge in [0.05, 0.1) is 6.04 Å². The third-order valence-electron chi connectivity index (χ3n) is 5.24. The van der Waals surface area contributed by atoms with Gasteiger partial charge in [-0.3, -0.25) is 4.79 Å². The van der Waals surface area contributed by atoms with Crippen LogP contribution in [0.15, 0.2) is 18.2 Å². The molecular weight excluding hydrogens is 302 g/mol. The van der Waals surface area contributed by atoms with E-state index in [9.17, 15) is 9.59 Å². The van der Waals surface area contributed by atoms with Crippen LogP contribution in [-0.2, 0) is 4.79 Å². The summed E-state index contributed by atoms with van der Waals surface area (Å²) < 4.78 is 0. The Morgan fingerprint density at radius 2 is 2.08 bits per heavy atom. The molecule has 2 atom stereocenters. The number of nitrogens with one attached hydrogen (secondary N) is 2. The predicted molar refractivity (Wildman–Crippen MR) is 93.7 cm³/mol. The molecule has 1 aliphatic carbocycles. The first-order valence-electron chi connectivity index (χ1n) is 8.85. The van der Waals surface area contributed by atoms with Crippen molar-refractivity contribution in [3.05, 3.63) is 34.9 Å². The molecule has 1 heterocycles. The Bertz CT molecular complexity index is 639. The molecule has 1 aromatic carbocycles. The second kappa shape index (κ2) is 6.83. The van der Waals surface area contributed by atoms with Crippen LogP contribution in [0.25, 0.3) is 0 Å². The zero-order valence-corrected chi connectivity index (χ0v) is 14.8. The van der Waals surface area contributed by atoms with Crippen molar-refractivity contribution in [2.24, 2.45) is 5.92 Å². The molecule has 5 heteroatoms. The van der Waals surface area contributed by atoms with Crippen molar-refractivity contribution in [3.8, 4) is 0 Å². The smallest absolute Gasteiger partial charge is 0.315 e. The first-order chi connectivity index (χ1) is 11.5. The molecule has 5 nitrogen and oxygen atoms in total. The molecule has 2 aliphatic rings. The van der Waals surface area contributed by atoms with Crippen LogP contribution >= 0.6 is 0 Å². The summed E-state index contributed by atoms with van der Waals surface area (Å²) in [4.78, 5) is 26.1. The number of aryl methyl sites for hydroxylation is 1. The fraction of sp³-hybridized carbons (Fsp3) is 0.579. The Kier molecular flexibility index (Phi) is 4.78. The zero-order chi connectivity index (χ0) is 17.3. The normalized spacial score (nSPS) is 21.7. The Balaban J connectivity index is 1.47. The number of benzene rings is 1. The minimum Gasteiger partial charge on any atom is -0.339 e. The van der Waals surface area contributed by atoms with Crippen LogP contribution in [0.3, 0.4) is 0 Å². The van der Waals surface area contributed by atoms with Gasteiger partial charge in [0.25, 0.3) is 0 Å². The van der Waals surface area contributed by atoms with Gasteiger partial charge >= 0.3 is 6.03 Å². The average molecular weight is 329 g/mol. The van der Waals surface area contributed by atoms with Gasteiger partial charge < -0.3 is 15.5 Å². The van der Waals surface area contributed by atoms with Gasteiger partial charge in [0.15, 0.2) is 0 Å². The van der Waals surface area contributed by atoms with E-state index in [1.807, 2.05) is 17.9 Å². The van der Waals surface area contributed by atoms with Gasteiger partial charge in [-0.2, -0.15) is 0 Å². The SMILES string of the molecule is Cc1cccc([C@@H](C)NC(=O)NC[C@@H]2CC(=O)N(C3CC3)C2)c1C.